The fourth-order valence-corrected chi connectivity index (χ4v) is 14.2. The van der Waals surface area contributed by atoms with E-state index in [1.54, 1.807) is 0 Å². The Hall–Kier alpha value is 0.759. The van der Waals surface area contributed by atoms with E-state index >= 15 is 0 Å². The number of hydrogen-bond acceptors (Lipinski definition) is 1. The number of carbonyl (C=O) groups is 1. The first-order valence-electron chi connectivity index (χ1n) is 7.47. The quantitative estimate of drug-likeness (QED) is 0.463. The number of Topliss-reactive ketones (excluding diaryl/α,β-unsaturated/α-hetero) is 1. The summed E-state index contributed by atoms with van der Waals surface area (Å²) in [5.74, 6) is 0.386. The molecule has 0 atom stereocenters. The molecule has 0 aliphatic rings. The van der Waals surface area contributed by atoms with Crippen molar-refractivity contribution in [2.75, 3.05) is 0 Å². The number of unbranched alkanes of at least 4 members (excludes halogenated alkanes) is 2. The van der Waals surface area contributed by atoms with Crippen LogP contribution in [-0.2, 0) is 4.79 Å². The van der Waals surface area contributed by atoms with Gasteiger partial charge in [-0.25, -0.2) is 0 Å². The molecule has 1 nitrogen and oxygen atoms in total. The number of halogens is 1. The average Bonchev–Trinajstić information content (AvgIpc) is 2.30. The molecule has 0 unspecified atom stereocenters. The Morgan fingerprint density at radius 1 is 1.00 bits per heavy atom. The third kappa shape index (κ3) is 8.04. The zero-order valence-corrected chi connectivity index (χ0v) is 16.6. The molecule has 0 aliphatic heterocycles. The molecule has 0 rings (SSSR count). The molecule has 18 heavy (non-hydrogen) atoms. The summed E-state index contributed by atoms with van der Waals surface area (Å²) < 4.78 is 3.56. The summed E-state index contributed by atoms with van der Waals surface area (Å²) in [4.78, 5) is 12.0. The van der Waals surface area contributed by atoms with Crippen LogP contribution in [0.25, 0.3) is 0 Å². The second kappa shape index (κ2) is 8.84. The summed E-state index contributed by atoms with van der Waals surface area (Å²) in [5, 5.41) is 0. The Bertz CT molecular complexity index is 237. The number of rotatable bonds is 9. The van der Waals surface area contributed by atoms with Gasteiger partial charge in [0, 0.05) is 0 Å². The number of hydrogen-bond donors (Lipinski definition) is 0. The molecule has 0 saturated carbocycles. The van der Waals surface area contributed by atoms with Crippen LogP contribution in [0.1, 0.15) is 66.7 Å². The molecule has 0 spiro atoms. The molecule has 108 valence electrons. The van der Waals surface area contributed by atoms with Crippen molar-refractivity contribution >= 4 is 32.0 Å². The van der Waals surface area contributed by atoms with Crippen LogP contribution in [0, 0.1) is 5.41 Å². The van der Waals surface area contributed by atoms with Gasteiger partial charge in [0.25, 0.3) is 0 Å². The van der Waals surface area contributed by atoms with E-state index in [-0.39, 0.29) is 5.41 Å². The SMILES string of the molecule is CCC[CH2][Sn]([Cl])([CH2]CCC)[CH2]CC(=O)C(C)(C)C. The van der Waals surface area contributed by atoms with Gasteiger partial charge < -0.3 is 0 Å². The first-order chi connectivity index (χ1) is 8.25. The van der Waals surface area contributed by atoms with Crippen molar-refractivity contribution in [1.29, 1.82) is 0 Å². The second-order valence-electron chi connectivity index (χ2n) is 6.53. The molecule has 0 aliphatic carbocycles. The van der Waals surface area contributed by atoms with Crippen molar-refractivity contribution in [3.63, 3.8) is 0 Å². The molecule has 3 heteroatoms. The minimum absolute atomic E-state index is 0.195. The van der Waals surface area contributed by atoms with Gasteiger partial charge in [-0.15, -0.1) is 0 Å². The van der Waals surface area contributed by atoms with Gasteiger partial charge in [0.1, 0.15) is 0 Å². The van der Waals surface area contributed by atoms with Crippen molar-refractivity contribution in [3.05, 3.63) is 0 Å². The molecule has 0 radical (unpaired) electrons. The second-order valence-corrected chi connectivity index (χ2v) is 22.8. The molecule has 0 aromatic heterocycles. The van der Waals surface area contributed by atoms with E-state index < -0.39 is 17.3 Å². The number of ketones is 1. The van der Waals surface area contributed by atoms with Crippen molar-refractivity contribution in [2.24, 2.45) is 5.41 Å². The van der Waals surface area contributed by atoms with Gasteiger partial charge in [-0.2, -0.15) is 0 Å². The van der Waals surface area contributed by atoms with Crippen molar-refractivity contribution in [2.45, 2.75) is 80.0 Å². The van der Waals surface area contributed by atoms with Gasteiger partial charge in [0.2, 0.25) is 0 Å². The van der Waals surface area contributed by atoms with Gasteiger partial charge in [0.05, 0.1) is 0 Å². The molecule has 0 amide bonds. The van der Waals surface area contributed by atoms with Gasteiger partial charge in [-0.3, -0.25) is 0 Å². The van der Waals surface area contributed by atoms with Crippen molar-refractivity contribution in [3.8, 4) is 0 Å². The van der Waals surface area contributed by atoms with E-state index in [2.05, 4.69) is 13.8 Å². The zero-order chi connectivity index (χ0) is 14.2. The predicted octanol–water partition coefficient (Wildman–Crippen LogP) is 5.78. The van der Waals surface area contributed by atoms with E-state index in [0.717, 1.165) is 10.9 Å². The summed E-state index contributed by atoms with van der Waals surface area (Å²) in [6.45, 7) is 10.5. The van der Waals surface area contributed by atoms with Crippen molar-refractivity contribution in [1.82, 2.24) is 0 Å². The third-order valence-corrected chi connectivity index (χ3v) is 17.8. The Morgan fingerprint density at radius 3 is 1.78 bits per heavy atom. The Labute approximate surface area is 122 Å². The maximum atomic E-state index is 12.0. The minimum atomic E-state index is -2.47. The van der Waals surface area contributed by atoms with Gasteiger partial charge in [-0.1, -0.05) is 0 Å². The van der Waals surface area contributed by atoms with Crippen LogP contribution in [0.4, 0.5) is 0 Å². The molecule has 0 heterocycles. The van der Waals surface area contributed by atoms with Crippen LogP contribution in [0.2, 0.25) is 13.3 Å². The summed E-state index contributed by atoms with van der Waals surface area (Å²) >= 11 is -2.47. The van der Waals surface area contributed by atoms with E-state index in [1.165, 1.54) is 34.6 Å². The molecule has 0 saturated heterocycles. The topological polar surface area (TPSA) is 17.1 Å². The standard InChI is InChI=1S/C7H13O.2C4H9.ClH.Sn/c1-5-6(8)7(2,3)4;2*1-3-4-2;;/h1,5H2,2-4H3;2*1,3-4H2,2H3;1H;/q;;;;+1/p-1. The summed E-state index contributed by atoms with van der Waals surface area (Å²) in [7, 11) is 6.95. The van der Waals surface area contributed by atoms with Gasteiger partial charge >= 0.3 is 122 Å². The summed E-state index contributed by atoms with van der Waals surface area (Å²) in [6.07, 6.45) is 5.69. The van der Waals surface area contributed by atoms with E-state index in [4.69, 9.17) is 8.92 Å². The van der Waals surface area contributed by atoms with Crippen LogP contribution in [-0.4, -0.2) is 23.0 Å². The Balaban J connectivity index is 4.35. The molecular weight excluding hydrogens is 350 g/mol. The number of carbonyl (C=O) groups excluding carboxylic acids is 1. The molecule has 0 aromatic carbocycles. The third-order valence-electron chi connectivity index (χ3n) is 3.59. The van der Waals surface area contributed by atoms with E-state index in [1.807, 2.05) is 20.8 Å². The van der Waals surface area contributed by atoms with Crippen LogP contribution in [0.15, 0.2) is 0 Å². The predicted molar refractivity (Wildman–Crippen MR) is 84.9 cm³/mol. The van der Waals surface area contributed by atoms with Gasteiger partial charge in [0.15, 0.2) is 0 Å². The van der Waals surface area contributed by atoms with Crippen molar-refractivity contribution < 1.29 is 4.79 Å². The molecule has 0 bridgehead atoms. The van der Waals surface area contributed by atoms with Crippen LogP contribution in [0.3, 0.4) is 0 Å². The molecule has 0 N–H and O–H groups in total. The monoisotopic (exact) mass is 382 g/mol. The van der Waals surface area contributed by atoms with E-state index in [9.17, 15) is 4.79 Å². The normalized spacial score (nSPS) is 12.8. The van der Waals surface area contributed by atoms with Crippen LogP contribution in [0.5, 0.6) is 0 Å². The molecule has 0 fully saturated rings. The summed E-state index contributed by atoms with van der Waals surface area (Å²) in [6, 6.07) is 0. The molecule has 0 aromatic rings. The first kappa shape index (κ1) is 18.8. The Morgan fingerprint density at radius 2 is 1.44 bits per heavy atom. The van der Waals surface area contributed by atoms with Gasteiger partial charge in [-0.05, 0) is 0 Å². The maximum absolute atomic E-state index is 12.0. The van der Waals surface area contributed by atoms with Crippen LogP contribution < -0.4 is 0 Å². The fourth-order valence-electron chi connectivity index (χ4n) is 2.07. The summed E-state index contributed by atoms with van der Waals surface area (Å²) in [5.41, 5.74) is -0.195. The van der Waals surface area contributed by atoms with E-state index in [0.29, 0.717) is 5.78 Å². The molecular formula is C15H31ClOSn. The van der Waals surface area contributed by atoms with Crippen LogP contribution >= 0.6 is 8.92 Å². The Kier molecular flexibility index (Phi) is 9.21. The first-order valence-corrected chi connectivity index (χ1v) is 17.1. The fraction of sp³-hybridized carbons (Fsp3) is 0.933. The zero-order valence-electron chi connectivity index (χ0n) is 12.9. The average molecular weight is 382 g/mol.